The van der Waals surface area contributed by atoms with Gasteiger partial charge in [-0.2, -0.15) is 0 Å². The summed E-state index contributed by atoms with van der Waals surface area (Å²) in [5, 5.41) is 1.22. The largest absolute Gasteiger partial charge is 0.308 e. The highest BCUT2D eigenvalue weighted by Gasteiger charge is 2.61. The lowest BCUT2D eigenvalue weighted by Gasteiger charge is -2.64. The number of para-hydroxylation sites is 2. The van der Waals surface area contributed by atoms with Gasteiger partial charge in [0.2, 0.25) is 0 Å². The van der Waals surface area contributed by atoms with Crippen LogP contribution >= 0.6 is 23.2 Å². The number of nitrogens with zero attached hydrogens (tertiary/aromatic N) is 1. The van der Waals surface area contributed by atoms with Gasteiger partial charge < -0.3 is 4.90 Å². The maximum absolute atomic E-state index is 6.78. The molecule has 3 aromatic rings. The Labute approximate surface area is 194 Å². The average Bonchev–Trinajstić information content (AvgIpc) is 2.78. The van der Waals surface area contributed by atoms with Crippen molar-refractivity contribution in [2.45, 2.75) is 37.5 Å². The molecule has 1 spiro atoms. The van der Waals surface area contributed by atoms with Crippen molar-refractivity contribution in [3.8, 4) is 0 Å². The van der Waals surface area contributed by atoms with Gasteiger partial charge in [-0.05, 0) is 91.2 Å². The number of hydrogen-bond donors (Lipinski definition) is 0. The van der Waals surface area contributed by atoms with Crippen LogP contribution in [0.2, 0.25) is 10.0 Å². The summed E-state index contributed by atoms with van der Waals surface area (Å²) >= 11 is 13.3. The summed E-state index contributed by atoms with van der Waals surface area (Å²) in [4.78, 5) is 2.36. The first-order valence-electron chi connectivity index (χ1n) is 11.6. The van der Waals surface area contributed by atoms with Gasteiger partial charge in [0, 0.05) is 5.41 Å². The maximum Gasteiger partial charge on any atom is 0.0832 e. The molecule has 8 rings (SSSR count). The number of benzene rings is 3. The van der Waals surface area contributed by atoms with Crippen LogP contribution in [-0.2, 0) is 5.41 Å². The highest BCUT2D eigenvalue weighted by atomic mass is 35.5. The van der Waals surface area contributed by atoms with Gasteiger partial charge in [-0.3, -0.25) is 0 Å². The summed E-state index contributed by atoms with van der Waals surface area (Å²) in [6, 6.07) is 24.1. The first-order chi connectivity index (χ1) is 15.2. The minimum Gasteiger partial charge on any atom is -0.308 e. The second kappa shape index (κ2) is 6.53. The van der Waals surface area contributed by atoms with Crippen LogP contribution in [0.4, 0.5) is 17.1 Å². The second-order valence-electron chi connectivity index (χ2n) is 10.1. The van der Waals surface area contributed by atoms with Gasteiger partial charge in [-0.25, -0.2) is 0 Å². The molecule has 0 N–H and O–H groups in total. The normalized spacial score (nSPS) is 29.2. The van der Waals surface area contributed by atoms with E-state index < -0.39 is 0 Å². The zero-order chi connectivity index (χ0) is 20.7. The van der Waals surface area contributed by atoms with Crippen LogP contribution in [0.15, 0.2) is 66.7 Å². The lowest BCUT2D eigenvalue weighted by Crippen LogP contribution is -2.57. The summed E-state index contributed by atoms with van der Waals surface area (Å²) in [7, 11) is 0. The van der Waals surface area contributed by atoms with Gasteiger partial charge in [0.15, 0.2) is 0 Å². The Bertz CT molecular complexity index is 1120. The van der Waals surface area contributed by atoms with Crippen LogP contribution in [0.25, 0.3) is 0 Å². The molecular formula is C28H25Cl2N. The van der Waals surface area contributed by atoms with E-state index in [4.69, 9.17) is 23.2 Å². The summed E-state index contributed by atoms with van der Waals surface area (Å²) in [6.45, 7) is 0. The molecule has 1 heterocycles. The van der Waals surface area contributed by atoms with Crippen molar-refractivity contribution < 1.29 is 0 Å². The van der Waals surface area contributed by atoms with Crippen molar-refractivity contribution in [1.82, 2.24) is 0 Å². The van der Waals surface area contributed by atoms with E-state index in [1.807, 2.05) is 12.1 Å². The number of halogens is 2. The molecule has 156 valence electrons. The molecule has 5 aliphatic rings. The molecule has 4 saturated carbocycles. The van der Waals surface area contributed by atoms with Gasteiger partial charge in [-0.1, -0.05) is 65.7 Å². The molecule has 1 aliphatic heterocycles. The number of hydrogen-bond acceptors (Lipinski definition) is 1. The second-order valence-corrected chi connectivity index (χ2v) is 10.9. The zero-order valence-corrected chi connectivity index (χ0v) is 18.9. The molecular weight excluding hydrogens is 421 g/mol. The fraction of sp³-hybridized carbons (Fsp3) is 0.357. The van der Waals surface area contributed by atoms with Crippen molar-refractivity contribution in [3.63, 3.8) is 0 Å². The van der Waals surface area contributed by atoms with Crippen LogP contribution in [0.3, 0.4) is 0 Å². The van der Waals surface area contributed by atoms with E-state index in [0.717, 1.165) is 29.4 Å². The predicted octanol–water partition coefficient (Wildman–Crippen LogP) is 8.52. The van der Waals surface area contributed by atoms with Crippen molar-refractivity contribution >= 4 is 40.3 Å². The Hall–Kier alpha value is -1.96. The van der Waals surface area contributed by atoms with Crippen molar-refractivity contribution in [2.24, 2.45) is 23.7 Å². The summed E-state index contributed by atoms with van der Waals surface area (Å²) < 4.78 is 0. The van der Waals surface area contributed by atoms with Gasteiger partial charge in [0.05, 0.1) is 27.1 Å². The Balaban J connectivity index is 1.54. The SMILES string of the molecule is Clc1cccc(N2c3ccccc3C3(c4ccccc42)C2CC4CC(C2)CC3C4)c1Cl. The Morgan fingerprint density at radius 2 is 1.13 bits per heavy atom. The van der Waals surface area contributed by atoms with E-state index in [9.17, 15) is 0 Å². The maximum atomic E-state index is 6.78. The topological polar surface area (TPSA) is 3.24 Å². The number of anilines is 3. The van der Waals surface area contributed by atoms with Crippen LogP contribution in [-0.4, -0.2) is 0 Å². The highest BCUT2D eigenvalue weighted by molar-refractivity contribution is 6.44. The van der Waals surface area contributed by atoms with E-state index in [1.54, 1.807) is 0 Å². The minimum absolute atomic E-state index is 0.127. The lowest BCUT2D eigenvalue weighted by molar-refractivity contribution is -0.0419. The fourth-order valence-corrected chi connectivity index (χ4v) is 8.42. The summed E-state index contributed by atoms with van der Waals surface area (Å²) in [6.07, 6.45) is 7.00. The van der Waals surface area contributed by atoms with Gasteiger partial charge in [-0.15, -0.1) is 0 Å². The molecule has 0 atom stereocenters. The van der Waals surface area contributed by atoms with Crippen LogP contribution in [0.5, 0.6) is 0 Å². The van der Waals surface area contributed by atoms with Crippen LogP contribution < -0.4 is 4.90 Å². The standard InChI is InChI=1S/C28H25Cl2N/c29-23-8-5-11-26(27(23)30)31-24-9-3-1-6-21(24)28(22-7-2-4-10-25(22)31)19-13-17-12-18(15-19)16-20(28)14-17/h1-11,17-20H,12-16H2. The van der Waals surface area contributed by atoms with Crippen LogP contribution in [0.1, 0.15) is 43.2 Å². The van der Waals surface area contributed by atoms with E-state index >= 15 is 0 Å². The lowest BCUT2D eigenvalue weighted by atomic mass is 9.41. The Morgan fingerprint density at radius 1 is 0.613 bits per heavy atom. The van der Waals surface area contributed by atoms with Crippen molar-refractivity contribution in [2.75, 3.05) is 4.90 Å². The third-order valence-corrected chi connectivity index (χ3v) is 9.59. The van der Waals surface area contributed by atoms with E-state index in [0.29, 0.717) is 10.0 Å². The third-order valence-electron chi connectivity index (χ3n) is 8.78. The molecule has 1 nitrogen and oxygen atoms in total. The molecule has 0 amide bonds. The Morgan fingerprint density at radius 3 is 1.71 bits per heavy atom. The minimum atomic E-state index is 0.127. The summed E-state index contributed by atoms with van der Waals surface area (Å²) in [5.41, 5.74) is 6.64. The van der Waals surface area contributed by atoms with E-state index in [1.165, 1.54) is 54.6 Å². The fourth-order valence-electron chi connectivity index (χ4n) is 8.04. The molecule has 31 heavy (non-hydrogen) atoms. The van der Waals surface area contributed by atoms with Gasteiger partial charge in [0.1, 0.15) is 0 Å². The predicted molar refractivity (Wildman–Crippen MR) is 129 cm³/mol. The van der Waals surface area contributed by atoms with Crippen molar-refractivity contribution in [1.29, 1.82) is 0 Å². The molecule has 0 unspecified atom stereocenters. The highest BCUT2D eigenvalue weighted by Crippen LogP contribution is 2.69. The van der Waals surface area contributed by atoms with Crippen LogP contribution in [0, 0.1) is 23.7 Å². The number of rotatable bonds is 1. The average molecular weight is 446 g/mol. The van der Waals surface area contributed by atoms with Gasteiger partial charge in [0.25, 0.3) is 0 Å². The molecule has 3 heteroatoms. The molecule has 3 aromatic carbocycles. The van der Waals surface area contributed by atoms with E-state index in [2.05, 4.69) is 59.5 Å². The third kappa shape index (κ3) is 2.35. The van der Waals surface area contributed by atoms with Gasteiger partial charge >= 0.3 is 0 Å². The van der Waals surface area contributed by atoms with E-state index in [-0.39, 0.29) is 5.41 Å². The smallest absolute Gasteiger partial charge is 0.0832 e. The molecule has 4 aliphatic carbocycles. The zero-order valence-electron chi connectivity index (χ0n) is 17.4. The monoisotopic (exact) mass is 445 g/mol. The first-order valence-corrected chi connectivity index (χ1v) is 12.4. The number of fused-ring (bicyclic) bond motifs is 2. The molecule has 0 radical (unpaired) electrons. The molecule has 4 bridgehead atoms. The molecule has 0 saturated heterocycles. The Kier molecular flexibility index (Phi) is 3.92. The molecule has 4 fully saturated rings. The van der Waals surface area contributed by atoms with Crippen molar-refractivity contribution in [3.05, 3.63) is 87.9 Å². The summed E-state index contributed by atoms with van der Waals surface area (Å²) in [5.74, 6) is 3.35. The molecule has 0 aromatic heterocycles. The quantitative estimate of drug-likeness (QED) is 0.362. The first kappa shape index (κ1) is 18.6.